The van der Waals surface area contributed by atoms with E-state index in [1.165, 1.54) is 12.4 Å². The Labute approximate surface area is 135 Å². The van der Waals surface area contributed by atoms with Crippen LogP contribution in [-0.4, -0.2) is 25.5 Å². The number of amides is 1. The molecule has 122 valence electrons. The number of anilines is 1. The molecule has 8 nitrogen and oxygen atoms in total. The van der Waals surface area contributed by atoms with Crippen LogP contribution in [0.2, 0.25) is 0 Å². The molecule has 4 rings (SSSR count). The van der Waals surface area contributed by atoms with Crippen molar-refractivity contribution in [3.8, 4) is 0 Å². The first-order valence-electron chi connectivity index (χ1n) is 7.75. The molecule has 0 aromatic carbocycles. The van der Waals surface area contributed by atoms with Crippen LogP contribution in [0.3, 0.4) is 0 Å². The fourth-order valence-electron chi connectivity index (χ4n) is 3.10. The summed E-state index contributed by atoms with van der Waals surface area (Å²) in [6.07, 6.45) is 6.42. The number of aromatic amines is 2. The molecule has 0 bridgehead atoms. The molecule has 0 saturated heterocycles. The van der Waals surface area contributed by atoms with Gasteiger partial charge in [0.2, 0.25) is 0 Å². The summed E-state index contributed by atoms with van der Waals surface area (Å²) < 4.78 is 1.13. The number of carbonyl (C=O) groups excluding carboxylic acids is 1. The van der Waals surface area contributed by atoms with Crippen LogP contribution in [0.4, 0.5) is 5.69 Å². The molecule has 8 heteroatoms. The standard InChI is InChI=1S/C16H15N5O3/c22-14(18-9-5-7-17-8-6-9)12-13-19-11-4-2-1-3-10(11)16(24)21(13)20-15(12)23/h5-8,19H,1-4H2,(H,20,23)(H,17,18,22). The number of carbonyl (C=O) groups is 1. The predicted molar refractivity (Wildman–Crippen MR) is 87.5 cm³/mol. The molecule has 3 aromatic rings. The van der Waals surface area contributed by atoms with Gasteiger partial charge in [-0.25, -0.2) is 0 Å². The molecule has 1 aliphatic rings. The third-order valence-corrected chi connectivity index (χ3v) is 4.26. The Morgan fingerprint density at radius 2 is 1.92 bits per heavy atom. The lowest BCUT2D eigenvalue weighted by atomic mass is 9.97. The molecule has 0 saturated carbocycles. The maximum Gasteiger partial charge on any atom is 0.279 e. The largest absolute Gasteiger partial charge is 0.342 e. The Morgan fingerprint density at radius 1 is 1.17 bits per heavy atom. The minimum absolute atomic E-state index is 0.0997. The Kier molecular flexibility index (Phi) is 3.30. The van der Waals surface area contributed by atoms with E-state index >= 15 is 0 Å². The number of aromatic nitrogens is 4. The van der Waals surface area contributed by atoms with E-state index in [4.69, 9.17) is 0 Å². The molecule has 0 fully saturated rings. The van der Waals surface area contributed by atoms with Crippen molar-refractivity contribution >= 4 is 17.2 Å². The quantitative estimate of drug-likeness (QED) is 0.648. The van der Waals surface area contributed by atoms with Gasteiger partial charge in [-0.3, -0.25) is 24.5 Å². The summed E-state index contributed by atoms with van der Waals surface area (Å²) >= 11 is 0. The monoisotopic (exact) mass is 325 g/mol. The number of hydrogen-bond acceptors (Lipinski definition) is 4. The van der Waals surface area contributed by atoms with Gasteiger partial charge < -0.3 is 10.3 Å². The summed E-state index contributed by atoms with van der Waals surface area (Å²) in [7, 11) is 0. The lowest BCUT2D eigenvalue weighted by Gasteiger charge is -2.15. The number of pyridine rings is 1. The van der Waals surface area contributed by atoms with Crippen molar-refractivity contribution in [3.05, 3.63) is 62.1 Å². The Morgan fingerprint density at radius 3 is 2.71 bits per heavy atom. The number of fused-ring (bicyclic) bond motifs is 2. The third kappa shape index (κ3) is 2.23. The molecule has 0 aliphatic heterocycles. The van der Waals surface area contributed by atoms with Gasteiger partial charge in [0, 0.05) is 29.3 Å². The maximum atomic E-state index is 12.6. The van der Waals surface area contributed by atoms with Crippen molar-refractivity contribution in [2.75, 3.05) is 5.32 Å². The smallest absolute Gasteiger partial charge is 0.279 e. The van der Waals surface area contributed by atoms with E-state index in [9.17, 15) is 14.4 Å². The lowest BCUT2D eigenvalue weighted by molar-refractivity contribution is 0.102. The van der Waals surface area contributed by atoms with E-state index in [1.807, 2.05) is 0 Å². The minimum atomic E-state index is -0.600. The highest BCUT2D eigenvalue weighted by Gasteiger charge is 2.23. The van der Waals surface area contributed by atoms with Gasteiger partial charge in [-0.2, -0.15) is 4.52 Å². The van der Waals surface area contributed by atoms with Gasteiger partial charge >= 0.3 is 0 Å². The van der Waals surface area contributed by atoms with Crippen LogP contribution in [0.5, 0.6) is 0 Å². The second kappa shape index (κ2) is 5.48. The summed E-state index contributed by atoms with van der Waals surface area (Å²) in [5, 5.41) is 5.10. The highest BCUT2D eigenvalue weighted by molar-refractivity contribution is 6.08. The van der Waals surface area contributed by atoms with Crippen molar-refractivity contribution in [2.24, 2.45) is 0 Å². The van der Waals surface area contributed by atoms with Crippen molar-refractivity contribution in [3.63, 3.8) is 0 Å². The number of nitrogens with one attached hydrogen (secondary N) is 3. The molecule has 1 amide bonds. The molecule has 0 spiro atoms. The van der Waals surface area contributed by atoms with E-state index < -0.39 is 11.5 Å². The first kappa shape index (κ1) is 14.4. The highest BCUT2D eigenvalue weighted by Crippen LogP contribution is 2.17. The van der Waals surface area contributed by atoms with Crippen LogP contribution in [0.25, 0.3) is 5.65 Å². The maximum absolute atomic E-state index is 12.6. The Balaban J connectivity index is 1.85. The molecule has 0 radical (unpaired) electrons. The summed E-state index contributed by atoms with van der Waals surface area (Å²) in [5.41, 5.74) is 1.25. The fourth-order valence-corrected chi connectivity index (χ4v) is 3.10. The molecule has 0 atom stereocenters. The molecule has 3 N–H and O–H groups in total. The van der Waals surface area contributed by atoms with E-state index in [1.54, 1.807) is 12.1 Å². The van der Waals surface area contributed by atoms with Gasteiger partial charge in [0.1, 0.15) is 5.56 Å². The second-order valence-corrected chi connectivity index (χ2v) is 5.78. The van der Waals surface area contributed by atoms with Gasteiger partial charge in [-0.05, 0) is 37.8 Å². The first-order chi connectivity index (χ1) is 11.6. The zero-order valence-corrected chi connectivity index (χ0v) is 12.8. The molecular formula is C16H15N5O3. The SMILES string of the molecule is O=C(Nc1ccncc1)c1c(=O)[nH]n2c(=O)c3c([nH]c12)CCCC3. The van der Waals surface area contributed by atoms with Crippen molar-refractivity contribution < 1.29 is 4.79 Å². The Bertz CT molecular complexity index is 1050. The van der Waals surface area contributed by atoms with Crippen LogP contribution in [0.1, 0.15) is 34.5 Å². The van der Waals surface area contributed by atoms with Crippen molar-refractivity contribution in [2.45, 2.75) is 25.7 Å². The molecule has 24 heavy (non-hydrogen) atoms. The van der Waals surface area contributed by atoms with Crippen molar-refractivity contribution in [1.29, 1.82) is 0 Å². The van der Waals surface area contributed by atoms with Crippen LogP contribution < -0.4 is 16.4 Å². The number of H-pyrrole nitrogens is 2. The van der Waals surface area contributed by atoms with E-state index in [-0.39, 0.29) is 16.8 Å². The minimum Gasteiger partial charge on any atom is -0.342 e. The number of aryl methyl sites for hydroxylation is 1. The van der Waals surface area contributed by atoms with Gasteiger partial charge in [0.15, 0.2) is 5.65 Å². The summed E-state index contributed by atoms with van der Waals surface area (Å²) in [6, 6.07) is 3.24. The molecular weight excluding hydrogens is 310 g/mol. The topological polar surface area (TPSA) is 112 Å². The van der Waals surface area contributed by atoms with Gasteiger partial charge in [0.05, 0.1) is 0 Å². The van der Waals surface area contributed by atoms with Crippen LogP contribution in [-0.2, 0) is 12.8 Å². The summed E-state index contributed by atoms with van der Waals surface area (Å²) in [6.45, 7) is 0. The number of hydrogen-bond donors (Lipinski definition) is 3. The van der Waals surface area contributed by atoms with Gasteiger partial charge in [-0.15, -0.1) is 0 Å². The fraction of sp³-hybridized carbons (Fsp3) is 0.250. The zero-order valence-electron chi connectivity index (χ0n) is 12.8. The van der Waals surface area contributed by atoms with Crippen LogP contribution >= 0.6 is 0 Å². The highest BCUT2D eigenvalue weighted by atomic mass is 16.2. The summed E-state index contributed by atoms with van der Waals surface area (Å²) in [5.74, 6) is -0.573. The number of nitrogens with zero attached hydrogens (tertiary/aromatic N) is 2. The Hall–Kier alpha value is -3.16. The second-order valence-electron chi connectivity index (χ2n) is 5.78. The van der Waals surface area contributed by atoms with Gasteiger partial charge in [0.25, 0.3) is 17.0 Å². The molecule has 3 aromatic heterocycles. The summed E-state index contributed by atoms with van der Waals surface area (Å²) in [4.78, 5) is 44.3. The molecule has 3 heterocycles. The van der Waals surface area contributed by atoms with Crippen LogP contribution in [0, 0.1) is 0 Å². The van der Waals surface area contributed by atoms with E-state index in [0.29, 0.717) is 17.7 Å². The van der Waals surface area contributed by atoms with Gasteiger partial charge in [-0.1, -0.05) is 0 Å². The van der Waals surface area contributed by atoms with E-state index in [0.717, 1.165) is 29.5 Å². The predicted octanol–water partition coefficient (Wildman–Crippen LogP) is 0.842. The van der Waals surface area contributed by atoms with Crippen molar-refractivity contribution in [1.82, 2.24) is 19.6 Å². The molecule has 0 unspecified atom stereocenters. The third-order valence-electron chi connectivity index (χ3n) is 4.26. The zero-order chi connectivity index (χ0) is 16.7. The normalized spacial score (nSPS) is 13.7. The lowest BCUT2D eigenvalue weighted by Crippen LogP contribution is -2.25. The average molecular weight is 325 g/mol. The first-order valence-corrected chi connectivity index (χ1v) is 7.75. The molecule has 1 aliphatic carbocycles. The average Bonchev–Trinajstić information content (AvgIpc) is 2.92. The number of rotatable bonds is 2. The van der Waals surface area contributed by atoms with E-state index in [2.05, 4.69) is 20.4 Å². The van der Waals surface area contributed by atoms with Crippen LogP contribution in [0.15, 0.2) is 34.1 Å².